The van der Waals surface area contributed by atoms with Crippen LogP contribution in [0, 0.1) is 6.92 Å². The highest BCUT2D eigenvalue weighted by molar-refractivity contribution is 6.30. The lowest BCUT2D eigenvalue weighted by Crippen LogP contribution is -2.15. The molecule has 0 aliphatic carbocycles. The summed E-state index contributed by atoms with van der Waals surface area (Å²) in [6.07, 6.45) is 0. The Bertz CT molecular complexity index is 1150. The van der Waals surface area contributed by atoms with Crippen LogP contribution >= 0.6 is 11.6 Å². The first-order valence-electron chi connectivity index (χ1n) is 8.78. The summed E-state index contributed by atoms with van der Waals surface area (Å²) in [6.45, 7) is 1.87. The van der Waals surface area contributed by atoms with Crippen molar-refractivity contribution in [1.82, 2.24) is 4.57 Å². The van der Waals surface area contributed by atoms with Gasteiger partial charge in [0, 0.05) is 27.9 Å². The summed E-state index contributed by atoms with van der Waals surface area (Å²) in [6, 6.07) is 29.4. The van der Waals surface area contributed by atoms with Crippen LogP contribution in [0.5, 0.6) is 0 Å². The lowest BCUT2D eigenvalue weighted by molar-refractivity contribution is 1.04. The first-order valence-corrected chi connectivity index (χ1v) is 9.16. The van der Waals surface area contributed by atoms with Crippen LogP contribution in [0.2, 0.25) is 5.02 Å². The summed E-state index contributed by atoms with van der Waals surface area (Å²) in [7, 11) is 0. The Morgan fingerprint density at radius 1 is 0.741 bits per heavy atom. The van der Waals surface area contributed by atoms with Crippen LogP contribution in [0.3, 0.4) is 0 Å². The molecule has 3 aromatic carbocycles. The van der Waals surface area contributed by atoms with Gasteiger partial charge in [-0.15, -0.1) is 0 Å². The highest BCUT2D eigenvalue weighted by atomic mass is 35.5. The van der Waals surface area contributed by atoms with Crippen LogP contribution < -0.4 is 5.43 Å². The maximum absolute atomic E-state index is 12.8. The second-order valence-electron chi connectivity index (χ2n) is 6.41. The Morgan fingerprint density at radius 2 is 1.37 bits per heavy atom. The van der Waals surface area contributed by atoms with Crippen molar-refractivity contribution < 1.29 is 0 Å². The number of aromatic nitrogens is 1. The van der Waals surface area contributed by atoms with Gasteiger partial charge in [0.05, 0.1) is 11.4 Å². The van der Waals surface area contributed by atoms with Gasteiger partial charge in [-0.1, -0.05) is 72.3 Å². The third-order valence-corrected chi connectivity index (χ3v) is 4.87. The zero-order valence-corrected chi connectivity index (χ0v) is 15.6. The van der Waals surface area contributed by atoms with Crippen LogP contribution in [0.1, 0.15) is 5.56 Å². The molecule has 4 aromatic rings. The number of rotatable bonds is 3. The van der Waals surface area contributed by atoms with Gasteiger partial charge in [0.15, 0.2) is 5.43 Å². The highest BCUT2D eigenvalue weighted by Crippen LogP contribution is 2.32. The third-order valence-electron chi connectivity index (χ3n) is 4.64. The second-order valence-corrected chi connectivity index (χ2v) is 6.85. The molecule has 4 rings (SSSR count). The molecule has 0 saturated carbocycles. The molecule has 0 saturated heterocycles. The molecular weight excluding hydrogens is 354 g/mol. The molecule has 0 spiro atoms. The number of nitrogens with zero attached hydrogens (tertiary/aromatic N) is 1. The van der Waals surface area contributed by atoms with E-state index in [-0.39, 0.29) is 5.43 Å². The predicted octanol–water partition coefficient (Wildman–Crippen LogP) is 6.13. The van der Waals surface area contributed by atoms with E-state index < -0.39 is 0 Å². The minimum atomic E-state index is 0.0102. The molecular formula is C24H18ClNO. The largest absolute Gasteiger partial charge is 0.309 e. The molecule has 0 aliphatic rings. The topological polar surface area (TPSA) is 22.0 Å². The SMILES string of the molecule is Cc1c(-c2cccc(Cl)c2)n(-c2ccccc2)c(-c2ccccc2)cc1=O. The Hall–Kier alpha value is -3.10. The molecule has 0 unspecified atom stereocenters. The van der Waals surface area contributed by atoms with Crippen LogP contribution in [0.4, 0.5) is 0 Å². The quantitative estimate of drug-likeness (QED) is 0.424. The Labute approximate surface area is 163 Å². The second kappa shape index (κ2) is 7.26. The van der Waals surface area contributed by atoms with Crippen molar-refractivity contribution in [2.24, 2.45) is 0 Å². The monoisotopic (exact) mass is 371 g/mol. The lowest BCUT2D eigenvalue weighted by atomic mass is 10.0. The number of pyridine rings is 1. The van der Waals surface area contributed by atoms with Crippen LogP contribution in [0.25, 0.3) is 28.2 Å². The van der Waals surface area contributed by atoms with E-state index in [1.54, 1.807) is 6.07 Å². The zero-order valence-electron chi connectivity index (χ0n) is 14.9. The van der Waals surface area contributed by atoms with E-state index in [9.17, 15) is 4.79 Å². The van der Waals surface area contributed by atoms with Gasteiger partial charge in [-0.05, 0) is 36.8 Å². The summed E-state index contributed by atoms with van der Waals surface area (Å²) in [5.41, 5.74) is 5.31. The molecule has 27 heavy (non-hydrogen) atoms. The normalized spacial score (nSPS) is 10.7. The fourth-order valence-electron chi connectivity index (χ4n) is 3.35. The average Bonchev–Trinajstić information content (AvgIpc) is 2.71. The molecule has 0 bridgehead atoms. The minimum absolute atomic E-state index is 0.0102. The van der Waals surface area contributed by atoms with E-state index in [0.717, 1.165) is 28.2 Å². The van der Waals surface area contributed by atoms with E-state index in [2.05, 4.69) is 4.57 Å². The number of hydrogen-bond donors (Lipinski definition) is 0. The zero-order chi connectivity index (χ0) is 18.8. The third kappa shape index (κ3) is 3.32. The van der Waals surface area contributed by atoms with Gasteiger partial charge < -0.3 is 4.57 Å². The average molecular weight is 372 g/mol. The Morgan fingerprint density at radius 3 is 2.04 bits per heavy atom. The first kappa shape index (κ1) is 17.3. The van der Waals surface area contributed by atoms with Crippen molar-refractivity contribution in [3.05, 3.63) is 112 Å². The fraction of sp³-hybridized carbons (Fsp3) is 0.0417. The van der Waals surface area contributed by atoms with Crippen molar-refractivity contribution >= 4 is 11.6 Å². The minimum Gasteiger partial charge on any atom is -0.309 e. The molecule has 0 aliphatic heterocycles. The van der Waals surface area contributed by atoms with Crippen molar-refractivity contribution in [3.8, 4) is 28.2 Å². The standard InChI is InChI=1S/C24H18ClNO/c1-17-23(27)16-22(18-9-4-2-5-10-18)26(21-13-6-3-7-14-21)24(17)19-11-8-12-20(25)15-19/h2-16H,1H3. The van der Waals surface area contributed by atoms with Gasteiger partial charge in [-0.3, -0.25) is 4.79 Å². The van der Waals surface area contributed by atoms with Crippen LogP contribution in [-0.2, 0) is 0 Å². The number of benzene rings is 3. The number of halogens is 1. The summed E-state index contributed by atoms with van der Waals surface area (Å²) in [4.78, 5) is 12.8. The molecule has 1 heterocycles. The molecule has 3 heteroatoms. The highest BCUT2D eigenvalue weighted by Gasteiger charge is 2.17. The molecule has 0 radical (unpaired) electrons. The van der Waals surface area contributed by atoms with Crippen LogP contribution in [-0.4, -0.2) is 4.57 Å². The smallest absolute Gasteiger partial charge is 0.185 e. The van der Waals surface area contributed by atoms with E-state index in [0.29, 0.717) is 10.6 Å². The van der Waals surface area contributed by atoms with Crippen LogP contribution in [0.15, 0.2) is 95.8 Å². The van der Waals surface area contributed by atoms with Gasteiger partial charge in [0.2, 0.25) is 0 Å². The lowest BCUT2D eigenvalue weighted by Gasteiger charge is -2.21. The van der Waals surface area contributed by atoms with E-state index in [1.807, 2.05) is 91.9 Å². The first-order chi connectivity index (χ1) is 13.1. The van der Waals surface area contributed by atoms with E-state index >= 15 is 0 Å². The molecule has 0 fully saturated rings. The van der Waals surface area contributed by atoms with Crippen molar-refractivity contribution in [3.63, 3.8) is 0 Å². The Balaban J connectivity index is 2.14. The molecule has 0 N–H and O–H groups in total. The molecule has 0 amide bonds. The van der Waals surface area contributed by atoms with E-state index in [4.69, 9.17) is 11.6 Å². The number of hydrogen-bond acceptors (Lipinski definition) is 1. The maximum Gasteiger partial charge on any atom is 0.185 e. The Kier molecular flexibility index (Phi) is 4.66. The summed E-state index contributed by atoms with van der Waals surface area (Å²) in [5.74, 6) is 0. The molecule has 132 valence electrons. The van der Waals surface area contributed by atoms with Gasteiger partial charge in [-0.2, -0.15) is 0 Å². The van der Waals surface area contributed by atoms with Gasteiger partial charge in [0.1, 0.15) is 0 Å². The van der Waals surface area contributed by atoms with E-state index in [1.165, 1.54) is 0 Å². The molecule has 1 aromatic heterocycles. The molecule has 2 nitrogen and oxygen atoms in total. The number of para-hydroxylation sites is 1. The van der Waals surface area contributed by atoms with Gasteiger partial charge >= 0.3 is 0 Å². The van der Waals surface area contributed by atoms with Gasteiger partial charge in [-0.25, -0.2) is 0 Å². The molecule has 0 atom stereocenters. The maximum atomic E-state index is 12.8. The summed E-state index contributed by atoms with van der Waals surface area (Å²) < 4.78 is 2.14. The summed E-state index contributed by atoms with van der Waals surface area (Å²) >= 11 is 6.25. The summed E-state index contributed by atoms with van der Waals surface area (Å²) in [5, 5.41) is 0.643. The fourth-order valence-corrected chi connectivity index (χ4v) is 3.54. The van der Waals surface area contributed by atoms with Crippen molar-refractivity contribution in [2.45, 2.75) is 6.92 Å². The van der Waals surface area contributed by atoms with Crippen molar-refractivity contribution in [2.75, 3.05) is 0 Å². The predicted molar refractivity (Wildman–Crippen MR) is 113 cm³/mol. The van der Waals surface area contributed by atoms with Gasteiger partial charge in [0.25, 0.3) is 0 Å². The van der Waals surface area contributed by atoms with Crippen molar-refractivity contribution in [1.29, 1.82) is 0 Å².